The Morgan fingerprint density at radius 3 is 2.17 bits per heavy atom. The third-order valence-electron chi connectivity index (χ3n) is 4.64. The first kappa shape index (κ1) is 21.1. The van der Waals surface area contributed by atoms with Crippen LogP contribution in [-0.4, -0.2) is 32.9 Å². The molecule has 5 nitrogen and oxygen atoms in total. The van der Waals surface area contributed by atoms with Crippen molar-refractivity contribution in [3.05, 3.63) is 53.8 Å². The number of carbonyl (C=O) groups is 1. The zero-order valence-corrected chi connectivity index (χ0v) is 16.0. The van der Waals surface area contributed by atoms with Gasteiger partial charge in [0.05, 0.1) is 16.3 Å². The Kier molecular flexibility index (Phi) is 5.83. The summed E-state index contributed by atoms with van der Waals surface area (Å²) in [7, 11) is -5.49. The summed E-state index contributed by atoms with van der Waals surface area (Å²) in [4.78, 5) is 13.6. The van der Waals surface area contributed by atoms with Crippen LogP contribution in [0.25, 0.3) is 0 Å². The SMILES string of the molecule is O=C(Nc1cc(F)ccc1N1CCCCC1)c1ccc(S(=O)(=O)C(F)(F)F)cc1. The van der Waals surface area contributed by atoms with E-state index in [9.17, 15) is 30.8 Å². The van der Waals surface area contributed by atoms with Crippen LogP contribution in [0, 0.1) is 5.82 Å². The molecule has 1 heterocycles. The maximum atomic E-state index is 13.7. The number of nitrogens with zero attached hydrogens (tertiary/aromatic N) is 1. The summed E-state index contributed by atoms with van der Waals surface area (Å²) in [6, 6.07) is 7.42. The van der Waals surface area contributed by atoms with Crippen molar-refractivity contribution in [2.75, 3.05) is 23.3 Å². The number of amides is 1. The van der Waals surface area contributed by atoms with Crippen LogP contribution in [0.3, 0.4) is 0 Å². The van der Waals surface area contributed by atoms with Crippen LogP contribution in [0.1, 0.15) is 29.6 Å². The van der Waals surface area contributed by atoms with Crippen LogP contribution in [-0.2, 0) is 9.84 Å². The molecule has 1 saturated heterocycles. The van der Waals surface area contributed by atoms with Crippen molar-refractivity contribution in [1.29, 1.82) is 0 Å². The number of sulfone groups is 1. The van der Waals surface area contributed by atoms with Gasteiger partial charge >= 0.3 is 5.51 Å². The van der Waals surface area contributed by atoms with E-state index in [-0.39, 0.29) is 11.3 Å². The Bertz CT molecular complexity index is 999. The highest BCUT2D eigenvalue weighted by Gasteiger charge is 2.46. The van der Waals surface area contributed by atoms with Crippen LogP contribution >= 0.6 is 0 Å². The van der Waals surface area contributed by atoms with Crippen molar-refractivity contribution in [1.82, 2.24) is 0 Å². The van der Waals surface area contributed by atoms with Crippen LogP contribution in [0.15, 0.2) is 47.4 Å². The lowest BCUT2D eigenvalue weighted by atomic mass is 10.1. The molecular formula is C19H18F4N2O3S. The molecule has 0 unspecified atom stereocenters. The van der Waals surface area contributed by atoms with Crippen molar-refractivity contribution in [3.63, 3.8) is 0 Å². The highest BCUT2D eigenvalue weighted by molar-refractivity contribution is 7.92. The Morgan fingerprint density at radius 1 is 0.966 bits per heavy atom. The average molecular weight is 430 g/mol. The van der Waals surface area contributed by atoms with E-state index in [2.05, 4.69) is 5.32 Å². The fourth-order valence-electron chi connectivity index (χ4n) is 3.13. The number of nitrogens with one attached hydrogen (secondary N) is 1. The summed E-state index contributed by atoms with van der Waals surface area (Å²) < 4.78 is 74.4. The quantitative estimate of drug-likeness (QED) is 0.732. The first-order valence-corrected chi connectivity index (χ1v) is 10.4. The second-order valence-electron chi connectivity index (χ2n) is 6.64. The number of halogens is 4. The van der Waals surface area contributed by atoms with E-state index in [0.717, 1.165) is 56.6 Å². The standard InChI is InChI=1S/C19H18F4N2O3S/c20-14-6-9-17(25-10-2-1-3-11-25)16(12-14)24-18(26)13-4-7-15(8-5-13)29(27,28)19(21,22)23/h4-9,12H,1-3,10-11H2,(H,24,26). The third-order valence-corrected chi connectivity index (χ3v) is 6.14. The van der Waals surface area contributed by atoms with Crippen LogP contribution in [0.5, 0.6) is 0 Å². The van der Waals surface area contributed by atoms with Gasteiger partial charge in [-0.15, -0.1) is 0 Å². The lowest BCUT2D eigenvalue weighted by molar-refractivity contribution is -0.0436. The fourth-order valence-corrected chi connectivity index (χ4v) is 3.89. The van der Waals surface area contributed by atoms with Crippen LogP contribution < -0.4 is 10.2 Å². The number of benzene rings is 2. The second kappa shape index (κ2) is 8.02. The number of rotatable bonds is 4. The summed E-state index contributed by atoms with van der Waals surface area (Å²) in [6.07, 6.45) is 3.03. The van der Waals surface area contributed by atoms with Gasteiger partial charge in [0.15, 0.2) is 0 Å². The minimum atomic E-state index is -5.49. The molecule has 0 saturated carbocycles. The maximum Gasteiger partial charge on any atom is 0.501 e. The highest BCUT2D eigenvalue weighted by Crippen LogP contribution is 2.31. The third kappa shape index (κ3) is 4.52. The molecule has 0 spiro atoms. The molecule has 0 atom stereocenters. The lowest BCUT2D eigenvalue weighted by Gasteiger charge is -2.30. The van der Waals surface area contributed by atoms with Gasteiger partial charge in [-0.2, -0.15) is 13.2 Å². The summed E-state index contributed by atoms with van der Waals surface area (Å²) in [5.41, 5.74) is -4.60. The van der Waals surface area contributed by atoms with Gasteiger partial charge < -0.3 is 10.2 Å². The van der Waals surface area contributed by atoms with Crippen molar-refractivity contribution < 1.29 is 30.8 Å². The van der Waals surface area contributed by atoms with E-state index >= 15 is 0 Å². The van der Waals surface area contributed by atoms with E-state index in [1.54, 1.807) is 6.07 Å². The Hall–Kier alpha value is -2.62. The van der Waals surface area contributed by atoms with Gasteiger partial charge in [0.25, 0.3) is 15.7 Å². The van der Waals surface area contributed by atoms with Crippen molar-refractivity contribution in [3.8, 4) is 0 Å². The van der Waals surface area contributed by atoms with Crippen molar-refractivity contribution in [2.45, 2.75) is 29.7 Å². The Balaban J connectivity index is 1.83. The largest absolute Gasteiger partial charge is 0.501 e. The Morgan fingerprint density at radius 2 is 1.59 bits per heavy atom. The first-order valence-electron chi connectivity index (χ1n) is 8.87. The molecule has 1 aliphatic rings. The minimum absolute atomic E-state index is 0.0556. The van der Waals surface area contributed by atoms with Gasteiger partial charge in [0, 0.05) is 18.7 Å². The van der Waals surface area contributed by atoms with E-state index < -0.39 is 32.0 Å². The summed E-state index contributed by atoms with van der Waals surface area (Å²) in [5.74, 6) is -1.24. The molecule has 0 bridgehead atoms. The van der Waals surface area contributed by atoms with E-state index in [1.165, 1.54) is 12.1 Å². The number of hydrogen-bond acceptors (Lipinski definition) is 4. The van der Waals surface area contributed by atoms with Crippen LogP contribution in [0.2, 0.25) is 0 Å². The maximum absolute atomic E-state index is 13.7. The van der Waals surface area contributed by atoms with Gasteiger partial charge in [-0.1, -0.05) is 0 Å². The molecule has 2 aromatic rings. The number of carbonyl (C=O) groups excluding carboxylic acids is 1. The first-order chi connectivity index (χ1) is 13.6. The molecule has 1 amide bonds. The van der Waals surface area contributed by atoms with Crippen LogP contribution in [0.4, 0.5) is 28.9 Å². The van der Waals surface area contributed by atoms with Gasteiger partial charge in [-0.3, -0.25) is 4.79 Å². The van der Waals surface area contributed by atoms with E-state index in [1.807, 2.05) is 4.90 Å². The minimum Gasteiger partial charge on any atom is -0.370 e. The number of alkyl halides is 3. The zero-order chi connectivity index (χ0) is 21.2. The molecule has 1 fully saturated rings. The summed E-state index contributed by atoms with van der Waals surface area (Å²) in [6.45, 7) is 1.52. The average Bonchev–Trinajstić information content (AvgIpc) is 2.68. The molecule has 0 aliphatic carbocycles. The van der Waals surface area contributed by atoms with E-state index in [0.29, 0.717) is 5.69 Å². The summed E-state index contributed by atoms with van der Waals surface area (Å²) in [5, 5.41) is 2.56. The second-order valence-corrected chi connectivity index (χ2v) is 8.58. The number of piperidine rings is 1. The summed E-state index contributed by atoms with van der Waals surface area (Å²) >= 11 is 0. The van der Waals surface area contributed by atoms with Gasteiger partial charge in [-0.05, 0) is 61.7 Å². The molecule has 0 radical (unpaired) electrons. The highest BCUT2D eigenvalue weighted by atomic mass is 32.2. The molecule has 156 valence electrons. The molecule has 1 aliphatic heterocycles. The normalized spacial score (nSPS) is 15.2. The van der Waals surface area contributed by atoms with Gasteiger partial charge in [0.2, 0.25) is 0 Å². The van der Waals surface area contributed by atoms with E-state index in [4.69, 9.17) is 0 Å². The molecule has 3 rings (SSSR count). The lowest BCUT2D eigenvalue weighted by Crippen LogP contribution is -2.30. The predicted octanol–water partition coefficient (Wildman–Crippen LogP) is 4.36. The molecule has 29 heavy (non-hydrogen) atoms. The van der Waals surface area contributed by atoms with Crippen molar-refractivity contribution in [2.24, 2.45) is 0 Å². The molecule has 1 N–H and O–H groups in total. The van der Waals surface area contributed by atoms with Gasteiger partial charge in [0.1, 0.15) is 5.82 Å². The monoisotopic (exact) mass is 430 g/mol. The number of hydrogen-bond donors (Lipinski definition) is 1. The smallest absolute Gasteiger partial charge is 0.370 e. The molecule has 2 aromatic carbocycles. The zero-order valence-electron chi connectivity index (χ0n) is 15.2. The molecule has 0 aromatic heterocycles. The predicted molar refractivity (Wildman–Crippen MR) is 100 cm³/mol. The Labute approximate surface area is 165 Å². The van der Waals surface area contributed by atoms with Gasteiger partial charge in [-0.25, -0.2) is 12.8 Å². The fraction of sp³-hybridized carbons (Fsp3) is 0.316. The number of anilines is 2. The molecular weight excluding hydrogens is 412 g/mol. The van der Waals surface area contributed by atoms with Crippen molar-refractivity contribution >= 4 is 27.1 Å². The molecule has 10 heteroatoms. The topological polar surface area (TPSA) is 66.5 Å².